The van der Waals surface area contributed by atoms with Crippen LogP contribution in [0.4, 0.5) is 5.69 Å². The van der Waals surface area contributed by atoms with Crippen LogP contribution in [0.3, 0.4) is 0 Å². The van der Waals surface area contributed by atoms with Gasteiger partial charge in [-0.25, -0.2) is 5.43 Å². The molecule has 0 heterocycles. The molecular weight excluding hydrogens is 350 g/mol. The topological polar surface area (TPSA) is 98.2 Å². The summed E-state index contributed by atoms with van der Waals surface area (Å²) in [5, 5.41) is 6.28. The van der Waals surface area contributed by atoms with E-state index in [0.717, 1.165) is 5.56 Å². The SMILES string of the molecule is COc1cc(/C=N/NC(=O)C(=O)Nc2ccc(C)cc2)cc(OC)c1OC. The first-order valence-corrected chi connectivity index (χ1v) is 7.99. The van der Waals surface area contributed by atoms with Crippen molar-refractivity contribution in [2.45, 2.75) is 6.92 Å². The number of anilines is 1. The lowest BCUT2D eigenvalue weighted by Gasteiger charge is -2.12. The van der Waals surface area contributed by atoms with Crippen molar-refractivity contribution in [1.29, 1.82) is 0 Å². The van der Waals surface area contributed by atoms with Gasteiger partial charge in [-0.2, -0.15) is 5.10 Å². The lowest BCUT2D eigenvalue weighted by Crippen LogP contribution is -2.32. The van der Waals surface area contributed by atoms with E-state index in [1.54, 1.807) is 24.3 Å². The van der Waals surface area contributed by atoms with E-state index in [-0.39, 0.29) is 0 Å². The minimum Gasteiger partial charge on any atom is -0.493 e. The zero-order chi connectivity index (χ0) is 19.8. The van der Waals surface area contributed by atoms with Crippen LogP contribution in [0, 0.1) is 6.92 Å². The zero-order valence-electron chi connectivity index (χ0n) is 15.5. The summed E-state index contributed by atoms with van der Waals surface area (Å²) in [6.45, 7) is 1.93. The molecule has 0 radical (unpaired) electrons. The summed E-state index contributed by atoms with van der Waals surface area (Å²) in [6.07, 6.45) is 1.36. The predicted molar refractivity (Wildman–Crippen MR) is 102 cm³/mol. The lowest BCUT2D eigenvalue weighted by atomic mass is 10.2. The predicted octanol–water partition coefficient (Wildman–Crippen LogP) is 2.11. The number of rotatable bonds is 6. The first-order chi connectivity index (χ1) is 13.0. The Balaban J connectivity index is 2.02. The molecule has 2 rings (SSSR count). The molecule has 27 heavy (non-hydrogen) atoms. The van der Waals surface area contributed by atoms with Gasteiger partial charge in [0.1, 0.15) is 0 Å². The smallest absolute Gasteiger partial charge is 0.329 e. The van der Waals surface area contributed by atoms with E-state index in [9.17, 15) is 9.59 Å². The molecule has 0 fully saturated rings. The van der Waals surface area contributed by atoms with Crippen molar-refractivity contribution in [1.82, 2.24) is 5.43 Å². The van der Waals surface area contributed by atoms with E-state index in [4.69, 9.17) is 14.2 Å². The van der Waals surface area contributed by atoms with Crippen LogP contribution in [0.25, 0.3) is 0 Å². The van der Waals surface area contributed by atoms with Crippen molar-refractivity contribution in [2.75, 3.05) is 26.6 Å². The monoisotopic (exact) mass is 371 g/mol. The Bertz CT molecular complexity index is 822. The minimum absolute atomic E-state index is 0.443. The standard InChI is InChI=1S/C19H21N3O5/c1-12-5-7-14(8-6-12)21-18(23)19(24)22-20-11-13-9-15(25-2)17(27-4)16(10-13)26-3/h5-11H,1-4H3,(H,21,23)(H,22,24)/b20-11+. The second kappa shape index (κ2) is 9.23. The van der Waals surface area contributed by atoms with Gasteiger partial charge >= 0.3 is 11.8 Å². The van der Waals surface area contributed by atoms with Crippen molar-refractivity contribution >= 4 is 23.7 Å². The first-order valence-electron chi connectivity index (χ1n) is 7.99. The summed E-state index contributed by atoms with van der Waals surface area (Å²) in [7, 11) is 4.49. The van der Waals surface area contributed by atoms with Gasteiger partial charge in [0.2, 0.25) is 5.75 Å². The Morgan fingerprint density at radius 1 is 0.926 bits per heavy atom. The Morgan fingerprint density at radius 3 is 2.04 bits per heavy atom. The van der Waals surface area contributed by atoms with Crippen LogP contribution in [-0.4, -0.2) is 39.4 Å². The van der Waals surface area contributed by atoms with Crippen LogP contribution >= 0.6 is 0 Å². The van der Waals surface area contributed by atoms with Gasteiger partial charge in [-0.3, -0.25) is 9.59 Å². The first kappa shape index (κ1) is 19.8. The number of nitrogens with zero attached hydrogens (tertiary/aromatic N) is 1. The van der Waals surface area contributed by atoms with E-state index < -0.39 is 11.8 Å². The van der Waals surface area contributed by atoms with E-state index >= 15 is 0 Å². The molecule has 2 N–H and O–H groups in total. The fourth-order valence-corrected chi connectivity index (χ4v) is 2.22. The summed E-state index contributed by atoms with van der Waals surface area (Å²) in [4.78, 5) is 23.7. The fraction of sp³-hybridized carbons (Fsp3) is 0.211. The average Bonchev–Trinajstić information content (AvgIpc) is 2.68. The second-order valence-corrected chi connectivity index (χ2v) is 5.48. The number of carbonyl (C=O) groups is 2. The number of nitrogens with one attached hydrogen (secondary N) is 2. The molecule has 0 aliphatic rings. The molecule has 0 atom stereocenters. The van der Waals surface area contributed by atoms with Gasteiger partial charge in [0.25, 0.3) is 0 Å². The number of benzene rings is 2. The molecule has 0 spiro atoms. The molecule has 0 aromatic heterocycles. The Morgan fingerprint density at radius 2 is 1.52 bits per heavy atom. The van der Waals surface area contributed by atoms with Gasteiger partial charge in [0, 0.05) is 11.3 Å². The molecule has 0 aliphatic heterocycles. The van der Waals surface area contributed by atoms with Crippen LogP contribution in [-0.2, 0) is 9.59 Å². The van der Waals surface area contributed by atoms with Gasteiger partial charge in [0.15, 0.2) is 11.5 Å². The van der Waals surface area contributed by atoms with Gasteiger partial charge < -0.3 is 19.5 Å². The third-order valence-corrected chi connectivity index (χ3v) is 3.58. The van der Waals surface area contributed by atoms with Crippen LogP contribution in [0.15, 0.2) is 41.5 Å². The third-order valence-electron chi connectivity index (χ3n) is 3.58. The Hall–Kier alpha value is -3.55. The highest BCUT2D eigenvalue weighted by atomic mass is 16.5. The summed E-state index contributed by atoms with van der Waals surface area (Å²) < 4.78 is 15.7. The highest BCUT2D eigenvalue weighted by Crippen LogP contribution is 2.37. The number of ether oxygens (including phenoxy) is 3. The van der Waals surface area contributed by atoms with Crippen LogP contribution in [0.5, 0.6) is 17.2 Å². The molecule has 0 aliphatic carbocycles. The number of aryl methyl sites for hydroxylation is 1. The number of amides is 2. The van der Waals surface area contributed by atoms with Gasteiger partial charge in [-0.05, 0) is 31.2 Å². The molecule has 0 saturated carbocycles. The minimum atomic E-state index is -0.890. The van der Waals surface area contributed by atoms with Gasteiger partial charge in [-0.1, -0.05) is 17.7 Å². The highest BCUT2D eigenvalue weighted by molar-refractivity contribution is 6.39. The van der Waals surface area contributed by atoms with Crippen molar-refractivity contribution in [3.8, 4) is 17.2 Å². The number of hydrogen-bond donors (Lipinski definition) is 2. The maximum absolute atomic E-state index is 11.9. The summed E-state index contributed by atoms with van der Waals surface area (Å²) in [5.41, 5.74) is 4.33. The van der Waals surface area contributed by atoms with Crippen molar-refractivity contribution in [3.63, 3.8) is 0 Å². The quantitative estimate of drug-likeness (QED) is 0.460. The van der Waals surface area contributed by atoms with Crippen LogP contribution in [0.1, 0.15) is 11.1 Å². The summed E-state index contributed by atoms with van der Waals surface area (Å²) in [5.74, 6) is -0.373. The van der Waals surface area contributed by atoms with E-state index in [2.05, 4.69) is 15.8 Å². The van der Waals surface area contributed by atoms with Crippen LogP contribution in [0.2, 0.25) is 0 Å². The molecular formula is C19H21N3O5. The van der Waals surface area contributed by atoms with Crippen LogP contribution < -0.4 is 25.0 Å². The second-order valence-electron chi connectivity index (χ2n) is 5.48. The number of hydrogen-bond acceptors (Lipinski definition) is 6. The molecule has 8 heteroatoms. The van der Waals surface area contributed by atoms with E-state index in [0.29, 0.717) is 28.5 Å². The van der Waals surface area contributed by atoms with E-state index in [1.165, 1.54) is 27.5 Å². The van der Waals surface area contributed by atoms with Gasteiger partial charge in [-0.15, -0.1) is 0 Å². The molecule has 8 nitrogen and oxygen atoms in total. The third kappa shape index (κ3) is 5.21. The zero-order valence-corrected chi connectivity index (χ0v) is 15.5. The maximum atomic E-state index is 11.9. The number of methoxy groups -OCH3 is 3. The van der Waals surface area contributed by atoms with Crippen molar-refractivity contribution in [3.05, 3.63) is 47.5 Å². The van der Waals surface area contributed by atoms with Crippen molar-refractivity contribution < 1.29 is 23.8 Å². The van der Waals surface area contributed by atoms with Gasteiger partial charge in [0.05, 0.1) is 27.5 Å². The molecule has 0 unspecified atom stereocenters. The Kier molecular flexibility index (Phi) is 6.76. The number of hydrazone groups is 1. The maximum Gasteiger partial charge on any atom is 0.329 e. The molecule has 2 aromatic carbocycles. The molecule has 2 aromatic rings. The number of carbonyl (C=O) groups excluding carboxylic acids is 2. The normalized spacial score (nSPS) is 10.4. The lowest BCUT2D eigenvalue weighted by molar-refractivity contribution is -0.136. The van der Waals surface area contributed by atoms with Crippen molar-refractivity contribution in [2.24, 2.45) is 5.10 Å². The fourth-order valence-electron chi connectivity index (χ4n) is 2.22. The highest BCUT2D eigenvalue weighted by Gasteiger charge is 2.14. The molecule has 0 bridgehead atoms. The molecule has 0 saturated heterocycles. The molecule has 2 amide bonds. The summed E-state index contributed by atoms with van der Waals surface area (Å²) >= 11 is 0. The Labute approximate surface area is 157 Å². The summed E-state index contributed by atoms with van der Waals surface area (Å²) in [6, 6.07) is 10.4. The molecule has 142 valence electrons. The average molecular weight is 371 g/mol. The largest absolute Gasteiger partial charge is 0.493 e. The van der Waals surface area contributed by atoms with E-state index in [1.807, 2.05) is 19.1 Å².